The van der Waals surface area contributed by atoms with Crippen LogP contribution in [-0.4, -0.2) is 21.1 Å². The maximum absolute atomic E-state index is 6.52. The molecule has 5 nitrogen and oxygen atoms in total. The van der Waals surface area contributed by atoms with E-state index in [1.807, 2.05) is 42.5 Å². The largest absolute Gasteiger partial charge is 0.485 e. The first-order valence-corrected chi connectivity index (χ1v) is 17.1. The molecule has 0 saturated heterocycles. The number of aryl methyl sites for hydroxylation is 1. The second-order valence-corrected chi connectivity index (χ2v) is 13.0. The highest BCUT2D eigenvalue weighted by atomic mass is 16.5. The minimum absolute atomic E-state index is 0.0225. The van der Waals surface area contributed by atoms with Crippen LogP contribution in [0.25, 0.3) is 50.2 Å². The summed E-state index contributed by atoms with van der Waals surface area (Å²) in [4.78, 5) is 15.8. The molecule has 0 N–H and O–H groups in total. The van der Waals surface area contributed by atoms with Crippen LogP contribution in [0.15, 0.2) is 156 Å². The molecular formula is C45H31N3O2. The van der Waals surface area contributed by atoms with Crippen molar-refractivity contribution in [3.8, 4) is 28.3 Å². The van der Waals surface area contributed by atoms with Crippen molar-refractivity contribution in [2.45, 2.75) is 24.9 Å². The summed E-state index contributed by atoms with van der Waals surface area (Å²) in [5, 5.41) is 1.07. The minimum Gasteiger partial charge on any atom is -0.485 e. The Kier molecular flexibility index (Phi) is 6.69. The Balaban J connectivity index is 1.21. The molecule has 2 atom stereocenters. The highest BCUT2D eigenvalue weighted by Crippen LogP contribution is 2.49. The van der Waals surface area contributed by atoms with Crippen molar-refractivity contribution in [3.05, 3.63) is 186 Å². The lowest BCUT2D eigenvalue weighted by atomic mass is 9.83. The SMILES string of the molecule is C1=CC2Oc3ccccc3C2C(c2nc(C3=C(c4ccc(-c5ccccc5)cc4)CCc4oc5ccccc5c43)nc(-c3ccccc3)n2)=C1. The molecule has 0 saturated carbocycles. The number of nitrogens with zero attached hydrogens (tertiary/aromatic N) is 3. The van der Waals surface area contributed by atoms with Gasteiger partial charge in [-0.3, -0.25) is 0 Å². The normalized spacial score (nSPS) is 17.6. The van der Waals surface area contributed by atoms with Gasteiger partial charge in [0.25, 0.3) is 0 Å². The lowest BCUT2D eigenvalue weighted by Gasteiger charge is -2.24. The average Bonchev–Trinajstić information content (AvgIpc) is 3.77. The lowest BCUT2D eigenvalue weighted by Crippen LogP contribution is -2.21. The Morgan fingerprint density at radius 1 is 0.560 bits per heavy atom. The first kappa shape index (κ1) is 28.7. The third kappa shape index (κ3) is 4.73. The summed E-state index contributed by atoms with van der Waals surface area (Å²) in [5.41, 5.74) is 10.8. The molecule has 0 spiro atoms. The predicted octanol–water partition coefficient (Wildman–Crippen LogP) is 10.4. The Morgan fingerprint density at radius 2 is 1.22 bits per heavy atom. The molecule has 2 aliphatic carbocycles. The number of ether oxygens (including phenoxy) is 1. The van der Waals surface area contributed by atoms with Gasteiger partial charge in [-0.1, -0.05) is 133 Å². The number of hydrogen-bond acceptors (Lipinski definition) is 5. The van der Waals surface area contributed by atoms with Gasteiger partial charge in [0.05, 0.1) is 5.92 Å². The third-order valence-corrected chi connectivity index (χ3v) is 10.1. The number of rotatable bonds is 5. The molecule has 0 bridgehead atoms. The quantitative estimate of drug-likeness (QED) is 0.186. The van der Waals surface area contributed by atoms with Crippen molar-refractivity contribution >= 4 is 27.7 Å². The molecule has 3 heterocycles. The van der Waals surface area contributed by atoms with Crippen LogP contribution in [-0.2, 0) is 6.42 Å². The standard InChI is InChI=1S/C45H31N3O2/c1-3-12-28(13-4-1)29-22-24-30(25-23-29)32-26-27-39-41(34-17-8-10-20-37(34)50-39)42(32)45-47-43(31-14-5-2-6-15-31)46-44(48-45)35-18-11-21-38-40(35)33-16-7-9-19-36(33)49-38/h1-25,38,40H,26-27H2. The molecule has 238 valence electrons. The van der Waals surface area contributed by atoms with Crippen LogP contribution in [0.1, 0.15) is 46.4 Å². The van der Waals surface area contributed by atoms with E-state index < -0.39 is 0 Å². The van der Waals surface area contributed by atoms with Crippen LogP contribution in [0.5, 0.6) is 5.75 Å². The summed E-state index contributed by atoms with van der Waals surface area (Å²) in [5.74, 6) is 3.78. The van der Waals surface area contributed by atoms with E-state index in [9.17, 15) is 0 Å². The van der Waals surface area contributed by atoms with E-state index in [2.05, 4.69) is 109 Å². The van der Waals surface area contributed by atoms with Gasteiger partial charge in [-0.05, 0) is 46.9 Å². The summed E-state index contributed by atoms with van der Waals surface area (Å²) < 4.78 is 12.9. The van der Waals surface area contributed by atoms with Gasteiger partial charge in [-0.25, -0.2) is 15.0 Å². The van der Waals surface area contributed by atoms with Crippen LogP contribution < -0.4 is 4.74 Å². The summed E-state index contributed by atoms with van der Waals surface area (Å²) in [6.07, 6.45) is 7.79. The van der Waals surface area contributed by atoms with Crippen molar-refractivity contribution in [1.82, 2.24) is 15.0 Å². The van der Waals surface area contributed by atoms with Gasteiger partial charge in [-0.2, -0.15) is 0 Å². The van der Waals surface area contributed by atoms with Crippen molar-refractivity contribution in [3.63, 3.8) is 0 Å². The fourth-order valence-corrected chi connectivity index (χ4v) is 7.74. The van der Waals surface area contributed by atoms with Gasteiger partial charge in [0.2, 0.25) is 0 Å². The summed E-state index contributed by atoms with van der Waals surface area (Å²) in [6.45, 7) is 0. The summed E-state index contributed by atoms with van der Waals surface area (Å²) in [6, 6.07) is 46.2. The Bertz CT molecular complexity index is 2510. The van der Waals surface area contributed by atoms with Gasteiger partial charge < -0.3 is 9.15 Å². The van der Waals surface area contributed by atoms with E-state index in [-0.39, 0.29) is 12.0 Å². The van der Waals surface area contributed by atoms with E-state index in [1.165, 1.54) is 16.7 Å². The molecule has 0 fully saturated rings. The second-order valence-electron chi connectivity index (χ2n) is 13.0. The molecule has 10 rings (SSSR count). The van der Waals surface area contributed by atoms with Gasteiger partial charge in [0, 0.05) is 39.6 Å². The Labute approximate surface area is 290 Å². The number of fused-ring (bicyclic) bond motifs is 6. The monoisotopic (exact) mass is 645 g/mol. The van der Waals surface area contributed by atoms with E-state index in [0.29, 0.717) is 17.5 Å². The van der Waals surface area contributed by atoms with Crippen molar-refractivity contribution in [2.24, 2.45) is 0 Å². The number of furan rings is 1. The van der Waals surface area contributed by atoms with Crippen LogP contribution in [0.2, 0.25) is 0 Å². The highest BCUT2D eigenvalue weighted by Gasteiger charge is 2.39. The fourth-order valence-electron chi connectivity index (χ4n) is 7.74. The second kappa shape index (κ2) is 11.7. The van der Waals surface area contributed by atoms with E-state index in [0.717, 1.165) is 68.7 Å². The summed E-state index contributed by atoms with van der Waals surface area (Å²) >= 11 is 0. The zero-order valence-corrected chi connectivity index (χ0v) is 27.2. The molecule has 7 aromatic rings. The topological polar surface area (TPSA) is 61.0 Å². The maximum atomic E-state index is 6.52. The van der Waals surface area contributed by atoms with Gasteiger partial charge in [-0.15, -0.1) is 0 Å². The molecule has 3 aliphatic rings. The predicted molar refractivity (Wildman–Crippen MR) is 198 cm³/mol. The zero-order chi connectivity index (χ0) is 33.0. The van der Waals surface area contributed by atoms with E-state index in [4.69, 9.17) is 24.1 Å². The van der Waals surface area contributed by atoms with Crippen molar-refractivity contribution < 1.29 is 9.15 Å². The molecule has 50 heavy (non-hydrogen) atoms. The number of allylic oxidation sites excluding steroid dienone is 3. The number of benzene rings is 5. The third-order valence-electron chi connectivity index (χ3n) is 10.1. The molecule has 0 amide bonds. The van der Waals surface area contributed by atoms with Gasteiger partial charge >= 0.3 is 0 Å². The van der Waals surface area contributed by atoms with Crippen molar-refractivity contribution in [1.29, 1.82) is 0 Å². The van der Waals surface area contributed by atoms with Crippen LogP contribution >= 0.6 is 0 Å². The number of hydrogen-bond donors (Lipinski definition) is 0. The molecular weight excluding hydrogens is 615 g/mol. The lowest BCUT2D eigenvalue weighted by molar-refractivity contribution is 0.271. The first-order chi connectivity index (χ1) is 24.8. The van der Waals surface area contributed by atoms with Crippen LogP contribution in [0.3, 0.4) is 0 Å². The van der Waals surface area contributed by atoms with Crippen molar-refractivity contribution in [2.75, 3.05) is 0 Å². The zero-order valence-electron chi connectivity index (χ0n) is 27.2. The Hall–Kier alpha value is -6.33. The maximum Gasteiger partial charge on any atom is 0.165 e. The Morgan fingerprint density at radius 3 is 2.06 bits per heavy atom. The molecule has 2 aromatic heterocycles. The van der Waals surface area contributed by atoms with Gasteiger partial charge in [0.15, 0.2) is 17.5 Å². The van der Waals surface area contributed by atoms with E-state index in [1.54, 1.807) is 0 Å². The highest BCUT2D eigenvalue weighted by molar-refractivity contribution is 6.06. The minimum atomic E-state index is -0.121. The average molecular weight is 646 g/mol. The van der Waals surface area contributed by atoms with Gasteiger partial charge in [0.1, 0.15) is 23.2 Å². The molecule has 5 heteroatoms. The van der Waals surface area contributed by atoms with Crippen LogP contribution in [0, 0.1) is 0 Å². The number of aromatic nitrogens is 3. The molecule has 0 radical (unpaired) electrons. The summed E-state index contributed by atoms with van der Waals surface area (Å²) in [7, 11) is 0. The molecule has 2 unspecified atom stereocenters. The molecule has 1 aliphatic heterocycles. The molecule has 5 aromatic carbocycles. The smallest absolute Gasteiger partial charge is 0.165 e. The number of para-hydroxylation sites is 2. The first-order valence-electron chi connectivity index (χ1n) is 17.1. The van der Waals surface area contributed by atoms with Crippen LogP contribution in [0.4, 0.5) is 0 Å². The van der Waals surface area contributed by atoms with E-state index >= 15 is 0 Å². The fraction of sp³-hybridized carbons (Fsp3) is 0.0889.